The highest BCUT2D eigenvalue weighted by molar-refractivity contribution is 5.80. The maximum Gasteiger partial charge on any atom is 0.223 e. The number of nitrogens with one attached hydrogen (secondary N) is 1. The molecular weight excluding hydrogens is 314 g/mol. The molecule has 0 radical (unpaired) electrons. The van der Waals surface area contributed by atoms with Crippen LogP contribution in [0.25, 0.3) is 11.0 Å². The van der Waals surface area contributed by atoms with Gasteiger partial charge in [-0.3, -0.25) is 4.79 Å². The summed E-state index contributed by atoms with van der Waals surface area (Å²) in [5, 5.41) is 3.05. The number of benzene rings is 2. The van der Waals surface area contributed by atoms with E-state index < -0.39 is 0 Å². The molecule has 0 spiro atoms. The molecule has 0 saturated heterocycles. The number of aromatic nitrogens is 2. The number of fused-ring (bicyclic) bond motifs is 3. The molecule has 5 nitrogen and oxygen atoms in total. The number of carbonyl (C=O) groups excluding carboxylic acids is 1. The van der Waals surface area contributed by atoms with E-state index >= 15 is 0 Å². The molecule has 1 amide bonds. The van der Waals surface area contributed by atoms with Gasteiger partial charge >= 0.3 is 0 Å². The van der Waals surface area contributed by atoms with Crippen molar-refractivity contribution in [1.29, 1.82) is 0 Å². The van der Waals surface area contributed by atoms with E-state index in [1.807, 2.05) is 42.5 Å². The molecule has 1 N–H and O–H groups in total. The Balaban J connectivity index is 1.43. The van der Waals surface area contributed by atoms with Crippen molar-refractivity contribution < 1.29 is 9.53 Å². The van der Waals surface area contributed by atoms with Gasteiger partial charge in [0.1, 0.15) is 11.6 Å². The minimum atomic E-state index is -0.0186. The summed E-state index contributed by atoms with van der Waals surface area (Å²) >= 11 is 0. The quantitative estimate of drug-likeness (QED) is 0.797. The van der Waals surface area contributed by atoms with Crippen molar-refractivity contribution >= 4 is 16.9 Å². The summed E-state index contributed by atoms with van der Waals surface area (Å²) in [6.07, 6.45) is 1.54. The van der Waals surface area contributed by atoms with Crippen molar-refractivity contribution in [3.05, 3.63) is 59.9 Å². The third kappa shape index (κ3) is 3.09. The van der Waals surface area contributed by atoms with Crippen LogP contribution in [0.4, 0.5) is 0 Å². The van der Waals surface area contributed by atoms with Crippen LogP contribution in [0.15, 0.2) is 48.5 Å². The van der Waals surface area contributed by atoms with Gasteiger partial charge in [0.25, 0.3) is 0 Å². The van der Waals surface area contributed by atoms with Crippen LogP contribution in [0.1, 0.15) is 17.8 Å². The van der Waals surface area contributed by atoms with Crippen molar-refractivity contribution in [3.8, 4) is 5.75 Å². The number of amides is 1. The van der Waals surface area contributed by atoms with Crippen LogP contribution >= 0.6 is 0 Å². The van der Waals surface area contributed by atoms with Gasteiger partial charge in [0.05, 0.1) is 18.1 Å². The summed E-state index contributed by atoms with van der Waals surface area (Å²) in [7, 11) is 1.64. The van der Waals surface area contributed by atoms with E-state index in [1.54, 1.807) is 7.11 Å². The maximum atomic E-state index is 12.6. The molecule has 1 aliphatic heterocycles. The van der Waals surface area contributed by atoms with Crippen LogP contribution in [0.2, 0.25) is 0 Å². The second-order valence-electron chi connectivity index (χ2n) is 6.43. The Bertz CT molecular complexity index is 916. The molecule has 1 atom stereocenters. The second kappa shape index (κ2) is 6.59. The average Bonchev–Trinajstić information content (AvgIpc) is 3.04. The molecule has 0 fully saturated rings. The topological polar surface area (TPSA) is 56.1 Å². The van der Waals surface area contributed by atoms with Crippen molar-refractivity contribution in [2.75, 3.05) is 7.11 Å². The lowest BCUT2D eigenvalue weighted by molar-refractivity contribution is -0.125. The van der Waals surface area contributed by atoms with E-state index in [0.29, 0.717) is 13.0 Å². The van der Waals surface area contributed by atoms with Crippen LogP contribution in [0, 0.1) is 5.92 Å². The third-order valence-corrected chi connectivity index (χ3v) is 4.84. The van der Waals surface area contributed by atoms with Gasteiger partial charge in [-0.05, 0) is 36.2 Å². The second-order valence-corrected chi connectivity index (χ2v) is 6.43. The van der Waals surface area contributed by atoms with Gasteiger partial charge in [-0.2, -0.15) is 0 Å². The zero-order chi connectivity index (χ0) is 17.2. The third-order valence-electron chi connectivity index (χ3n) is 4.84. The van der Waals surface area contributed by atoms with Gasteiger partial charge in [0, 0.05) is 25.4 Å². The Morgan fingerprint density at radius 1 is 1.28 bits per heavy atom. The molecule has 2 aromatic carbocycles. The Kier molecular flexibility index (Phi) is 4.14. The number of para-hydroxylation sites is 2. The zero-order valence-electron chi connectivity index (χ0n) is 14.2. The van der Waals surface area contributed by atoms with Crippen molar-refractivity contribution in [3.63, 3.8) is 0 Å². The monoisotopic (exact) mass is 335 g/mol. The highest BCUT2D eigenvalue weighted by Crippen LogP contribution is 2.25. The van der Waals surface area contributed by atoms with Crippen LogP contribution in [-0.4, -0.2) is 22.6 Å². The molecule has 4 rings (SSSR count). The first-order valence-corrected chi connectivity index (χ1v) is 8.59. The minimum absolute atomic E-state index is 0.0186. The summed E-state index contributed by atoms with van der Waals surface area (Å²) in [5.74, 6) is 1.89. The maximum absolute atomic E-state index is 12.6. The molecule has 0 saturated carbocycles. The molecule has 0 bridgehead atoms. The number of rotatable bonds is 4. The zero-order valence-corrected chi connectivity index (χ0v) is 14.2. The van der Waals surface area contributed by atoms with Gasteiger partial charge < -0.3 is 14.6 Å². The highest BCUT2D eigenvalue weighted by atomic mass is 16.5. The van der Waals surface area contributed by atoms with E-state index in [4.69, 9.17) is 9.72 Å². The van der Waals surface area contributed by atoms with Gasteiger partial charge in [0.15, 0.2) is 0 Å². The highest BCUT2D eigenvalue weighted by Gasteiger charge is 2.26. The normalized spacial score (nSPS) is 16.4. The fourth-order valence-corrected chi connectivity index (χ4v) is 3.48. The number of ether oxygens (including phenoxy) is 1. The summed E-state index contributed by atoms with van der Waals surface area (Å²) in [6, 6.07) is 15.9. The van der Waals surface area contributed by atoms with Crippen molar-refractivity contribution in [2.45, 2.75) is 25.9 Å². The lowest BCUT2D eigenvalue weighted by atomic mass is 9.96. The molecule has 25 heavy (non-hydrogen) atoms. The standard InChI is InChI=1S/C20H21N3O2/c1-25-16-6-4-5-14(11-16)13-21-20(24)15-9-10-23-18-8-3-2-7-17(18)22-19(23)12-15/h2-8,11,15H,9-10,12-13H2,1H3,(H,21,24)/t15-/m1/s1. The molecule has 0 unspecified atom stereocenters. The van der Waals surface area contributed by atoms with Crippen molar-refractivity contribution in [1.82, 2.24) is 14.9 Å². The molecule has 1 aromatic heterocycles. The molecule has 1 aliphatic rings. The van der Waals surface area contributed by atoms with Crippen LogP contribution in [-0.2, 0) is 24.3 Å². The number of aryl methyl sites for hydroxylation is 1. The molecule has 2 heterocycles. The SMILES string of the molecule is COc1cccc(CNC(=O)[C@@H]2CCn3c(nc4ccccc43)C2)c1. The fraction of sp³-hybridized carbons (Fsp3) is 0.300. The molecular formula is C20H21N3O2. The number of nitrogens with zero attached hydrogens (tertiary/aromatic N) is 2. The van der Waals surface area contributed by atoms with E-state index in [1.165, 1.54) is 0 Å². The summed E-state index contributed by atoms with van der Waals surface area (Å²) in [4.78, 5) is 17.3. The summed E-state index contributed by atoms with van der Waals surface area (Å²) < 4.78 is 7.46. The first-order valence-electron chi connectivity index (χ1n) is 8.59. The first-order chi connectivity index (χ1) is 12.2. The van der Waals surface area contributed by atoms with Crippen LogP contribution in [0.3, 0.4) is 0 Å². The molecule has 3 aromatic rings. The van der Waals surface area contributed by atoms with Gasteiger partial charge in [-0.25, -0.2) is 4.98 Å². The van der Waals surface area contributed by atoms with E-state index in [0.717, 1.165) is 41.1 Å². The number of hydrogen-bond donors (Lipinski definition) is 1. The van der Waals surface area contributed by atoms with Gasteiger partial charge in [-0.15, -0.1) is 0 Å². The Hall–Kier alpha value is -2.82. The number of methoxy groups -OCH3 is 1. The Morgan fingerprint density at radius 3 is 3.04 bits per heavy atom. The van der Waals surface area contributed by atoms with E-state index in [9.17, 15) is 4.79 Å². The van der Waals surface area contributed by atoms with E-state index in [-0.39, 0.29) is 11.8 Å². The smallest absolute Gasteiger partial charge is 0.223 e. The lowest BCUT2D eigenvalue weighted by Crippen LogP contribution is -2.35. The molecule has 128 valence electrons. The summed E-state index contributed by atoms with van der Waals surface area (Å²) in [6.45, 7) is 1.36. The van der Waals surface area contributed by atoms with Crippen molar-refractivity contribution in [2.24, 2.45) is 5.92 Å². The number of hydrogen-bond acceptors (Lipinski definition) is 3. The predicted molar refractivity (Wildman–Crippen MR) is 96.4 cm³/mol. The van der Waals surface area contributed by atoms with E-state index in [2.05, 4.69) is 16.0 Å². The average molecular weight is 335 g/mol. The van der Waals surface area contributed by atoms with Crippen LogP contribution in [0.5, 0.6) is 5.75 Å². The fourth-order valence-electron chi connectivity index (χ4n) is 3.48. The van der Waals surface area contributed by atoms with Gasteiger partial charge in [-0.1, -0.05) is 24.3 Å². The lowest BCUT2D eigenvalue weighted by Gasteiger charge is -2.23. The Morgan fingerprint density at radius 2 is 2.16 bits per heavy atom. The van der Waals surface area contributed by atoms with Gasteiger partial charge in [0.2, 0.25) is 5.91 Å². The van der Waals surface area contributed by atoms with Crippen LogP contribution < -0.4 is 10.1 Å². The number of carbonyl (C=O) groups is 1. The first kappa shape index (κ1) is 15.7. The molecule has 5 heteroatoms. The summed E-state index contributed by atoms with van der Waals surface area (Å²) in [5.41, 5.74) is 3.21. The predicted octanol–water partition coefficient (Wildman–Crippen LogP) is 2.92. The largest absolute Gasteiger partial charge is 0.497 e. The minimum Gasteiger partial charge on any atom is -0.497 e. The molecule has 0 aliphatic carbocycles. The Labute approximate surface area is 146 Å². The number of imidazole rings is 1.